The maximum absolute atomic E-state index is 9.80. The van der Waals surface area contributed by atoms with Crippen molar-refractivity contribution in [2.75, 3.05) is 26.8 Å². The van der Waals surface area contributed by atoms with Gasteiger partial charge < -0.3 is 15.2 Å². The molecule has 1 saturated heterocycles. The number of rotatable bonds is 4. The van der Waals surface area contributed by atoms with Gasteiger partial charge in [0.15, 0.2) is 0 Å². The maximum Gasteiger partial charge on any atom is 0.0784 e. The highest BCUT2D eigenvalue weighted by atomic mass is 16.5. The van der Waals surface area contributed by atoms with Crippen molar-refractivity contribution in [2.24, 2.45) is 0 Å². The van der Waals surface area contributed by atoms with Crippen LogP contribution in [0.15, 0.2) is 0 Å². The summed E-state index contributed by atoms with van der Waals surface area (Å²) in [5.41, 5.74) is -0.446. The molecule has 0 bridgehead atoms. The van der Waals surface area contributed by atoms with E-state index in [0.717, 1.165) is 39.0 Å². The van der Waals surface area contributed by atoms with E-state index in [-0.39, 0.29) is 0 Å². The van der Waals surface area contributed by atoms with E-state index in [1.165, 1.54) is 0 Å². The molecule has 0 aromatic carbocycles. The highest BCUT2D eigenvalue weighted by Crippen LogP contribution is 2.19. The number of methoxy groups -OCH3 is 1. The van der Waals surface area contributed by atoms with Crippen LogP contribution in [0.1, 0.15) is 19.3 Å². The second-order valence-electron chi connectivity index (χ2n) is 3.25. The van der Waals surface area contributed by atoms with Crippen LogP contribution in [0.2, 0.25) is 0 Å². The van der Waals surface area contributed by atoms with Crippen LogP contribution in [0, 0.1) is 0 Å². The molecule has 0 radical (unpaired) electrons. The fraction of sp³-hybridized carbons (Fsp3) is 1.00. The van der Waals surface area contributed by atoms with Gasteiger partial charge in [-0.25, -0.2) is 0 Å². The van der Waals surface area contributed by atoms with Crippen LogP contribution in [0.25, 0.3) is 0 Å². The van der Waals surface area contributed by atoms with E-state index in [2.05, 4.69) is 5.32 Å². The lowest BCUT2D eigenvalue weighted by molar-refractivity contribution is 0.0419. The van der Waals surface area contributed by atoms with Gasteiger partial charge in [-0.3, -0.25) is 0 Å². The lowest BCUT2D eigenvalue weighted by atomic mass is 9.97. The first-order valence-corrected chi connectivity index (χ1v) is 4.19. The topological polar surface area (TPSA) is 41.5 Å². The number of ether oxygens (including phenoxy) is 1. The number of hydrogen-bond donors (Lipinski definition) is 2. The molecule has 1 rings (SSSR count). The summed E-state index contributed by atoms with van der Waals surface area (Å²) >= 11 is 0. The summed E-state index contributed by atoms with van der Waals surface area (Å²) in [7, 11) is 1.69. The van der Waals surface area contributed by atoms with E-state index in [0.29, 0.717) is 0 Å². The Kier molecular flexibility index (Phi) is 3.30. The van der Waals surface area contributed by atoms with E-state index in [1.54, 1.807) is 7.11 Å². The molecule has 1 unspecified atom stereocenters. The zero-order valence-corrected chi connectivity index (χ0v) is 7.10. The van der Waals surface area contributed by atoms with Gasteiger partial charge in [-0.2, -0.15) is 0 Å². The van der Waals surface area contributed by atoms with Gasteiger partial charge in [0, 0.05) is 20.3 Å². The first-order chi connectivity index (χ1) is 5.27. The van der Waals surface area contributed by atoms with E-state index in [9.17, 15) is 5.11 Å². The molecule has 0 saturated carbocycles. The standard InChI is InChI=1S/C8H17NO2/c1-11-6-2-3-8(10)4-5-9-7-8/h9-10H,2-7H2,1H3. The van der Waals surface area contributed by atoms with Crippen LogP contribution in [0.3, 0.4) is 0 Å². The predicted molar refractivity (Wildman–Crippen MR) is 43.5 cm³/mol. The van der Waals surface area contributed by atoms with Gasteiger partial charge in [0.1, 0.15) is 0 Å². The number of β-amino-alcohol motifs (C(OH)–C–C–N with tert-alkyl or cyclic N) is 1. The molecule has 1 atom stereocenters. The minimum atomic E-state index is -0.446. The summed E-state index contributed by atoms with van der Waals surface area (Å²) in [6.07, 6.45) is 2.69. The largest absolute Gasteiger partial charge is 0.389 e. The molecule has 2 N–H and O–H groups in total. The first kappa shape index (κ1) is 8.97. The Bertz CT molecular complexity index is 111. The summed E-state index contributed by atoms with van der Waals surface area (Å²) in [6.45, 7) is 2.45. The molecule has 0 aliphatic carbocycles. The summed E-state index contributed by atoms with van der Waals surface area (Å²) in [4.78, 5) is 0. The molecule has 11 heavy (non-hydrogen) atoms. The van der Waals surface area contributed by atoms with Crippen molar-refractivity contribution < 1.29 is 9.84 Å². The number of aliphatic hydroxyl groups is 1. The molecule has 0 aromatic rings. The van der Waals surface area contributed by atoms with Gasteiger partial charge in [0.05, 0.1) is 5.60 Å². The smallest absolute Gasteiger partial charge is 0.0784 e. The summed E-state index contributed by atoms with van der Waals surface area (Å²) in [6, 6.07) is 0. The molecule has 1 aliphatic rings. The van der Waals surface area contributed by atoms with Crippen LogP contribution in [-0.2, 0) is 4.74 Å². The van der Waals surface area contributed by atoms with Crippen molar-refractivity contribution >= 4 is 0 Å². The minimum absolute atomic E-state index is 0.446. The Morgan fingerprint density at radius 2 is 2.45 bits per heavy atom. The Morgan fingerprint density at radius 1 is 1.64 bits per heavy atom. The van der Waals surface area contributed by atoms with Gasteiger partial charge in [0.2, 0.25) is 0 Å². The third-order valence-corrected chi connectivity index (χ3v) is 2.21. The van der Waals surface area contributed by atoms with Gasteiger partial charge in [-0.05, 0) is 25.8 Å². The van der Waals surface area contributed by atoms with E-state index < -0.39 is 5.60 Å². The highest BCUT2D eigenvalue weighted by molar-refractivity contribution is 4.87. The average Bonchev–Trinajstić information content (AvgIpc) is 2.38. The Morgan fingerprint density at radius 3 is 3.00 bits per heavy atom. The van der Waals surface area contributed by atoms with Crippen molar-refractivity contribution in [3.05, 3.63) is 0 Å². The van der Waals surface area contributed by atoms with Crippen molar-refractivity contribution in [3.8, 4) is 0 Å². The fourth-order valence-corrected chi connectivity index (χ4v) is 1.49. The summed E-state index contributed by atoms with van der Waals surface area (Å²) < 4.78 is 4.92. The van der Waals surface area contributed by atoms with Crippen molar-refractivity contribution in [1.29, 1.82) is 0 Å². The summed E-state index contributed by atoms with van der Waals surface area (Å²) in [5, 5.41) is 12.9. The second-order valence-corrected chi connectivity index (χ2v) is 3.25. The van der Waals surface area contributed by atoms with Gasteiger partial charge in [0.25, 0.3) is 0 Å². The molecule has 1 aliphatic heterocycles. The Labute approximate surface area is 67.7 Å². The molecule has 0 amide bonds. The number of hydrogen-bond acceptors (Lipinski definition) is 3. The average molecular weight is 159 g/mol. The minimum Gasteiger partial charge on any atom is -0.389 e. The van der Waals surface area contributed by atoms with Gasteiger partial charge in [-0.1, -0.05) is 0 Å². The van der Waals surface area contributed by atoms with E-state index in [1.807, 2.05) is 0 Å². The molecule has 3 nitrogen and oxygen atoms in total. The quantitative estimate of drug-likeness (QED) is 0.573. The van der Waals surface area contributed by atoms with Crippen LogP contribution >= 0.6 is 0 Å². The lowest BCUT2D eigenvalue weighted by Crippen LogP contribution is -2.31. The van der Waals surface area contributed by atoms with Crippen molar-refractivity contribution in [3.63, 3.8) is 0 Å². The fourth-order valence-electron chi connectivity index (χ4n) is 1.49. The third kappa shape index (κ3) is 2.77. The second kappa shape index (κ2) is 4.04. The van der Waals surface area contributed by atoms with Crippen LogP contribution in [-0.4, -0.2) is 37.5 Å². The summed E-state index contributed by atoms with van der Waals surface area (Å²) in [5.74, 6) is 0. The zero-order chi connectivity index (χ0) is 8.16. The van der Waals surface area contributed by atoms with E-state index in [4.69, 9.17) is 4.74 Å². The molecule has 3 heteroatoms. The molecular formula is C8H17NO2. The predicted octanol–water partition coefficient (Wildman–Crippen LogP) is 0.137. The highest BCUT2D eigenvalue weighted by Gasteiger charge is 2.29. The molecule has 1 heterocycles. The maximum atomic E-state index is 9.80. The lowest BCUT2D eigenvalue weighted by Gasteiger charge is -2.20. The Hall–Kier alpha value is -0.120. The first-order valence-electron chi connectivity index (χ1n) is 4.19. The molecule has 0 aromatic heterocycles. The normalized spacial score (nSPS) is 31.1. The third-order valence-electron chi connectivity index (χ3n) is 2.21. The van der Waals surface area contributed by atoms with E-state index >= 15 is 0 Å². The molecule has 1 fully saturated rings. The SMILES string of the molecule is COCCCC1(O)CCNC1. The van der Waals surface area contributed by atoms with Gasteiger partial charge in [-0.15, -0.1) is 0 Å². The van der Waals surface area contributed by atoms with Crippen LogP contribution in [0.5, 0.6) is 0 Å². The monoisotopic (exact) mass is 159 g/mol. The van der Waals surface area contributed by atoms with Crippen molar-refractivity contribution in [2.45, 2.75) is 24.9 Å². The van der Waals surface area contributed by atoms with Crippen molar-refractivity contribution in [1.82, 2.24) is 5.32 Å². The molecular weight excluding hydrogens is 142 g/mol. The molecule has 66 valence electrons. The van der Waals surface area contributed by atoms with Crippen LogP contribution < -0.4 is 5.32 Å². The molecule has 0 spiro atoms. The zero-order valence-electron chi connectivity index (χ0n) is 7.10. The van der Waals surface area contributed by atoms with Gasteiger partial charge >= 0.3 is 0 Å². The number of nitrogens with one attached hydrogen (secondary N) is 1. The Balaban J connectivity index is 2.13. The van der Waals surface area contributed by atoms with Crippen LogP contribution in [0.4, 0.5) is 0 Å².